The minimum absolute atomic E-state index is 0.141. The second-order valence-electron chi connectivity index (χ2n) is 6.21. The highest BCUT2D eigenvalue weighted by Crippen LogP contribution is 2.48. The minimum Gasteiger partial charge on any atom is -0.382 e. The quantitative estimate of drug-likeness (QED) is 0.429. The summed E-state index contributed by atoms with van der Waals surface area (Å²) < 4.78 is 3.14. The van der Waals surface area contributed by atoms with E-state index in [0.29, 0.717) is 0 Å². The zero-order valence-corrected chi connectivity index (χ0v) is 17.0. The zero-order valence-electron chi connectivity index (χ0n) is 13.8. The average molecular weight is 500 g/mol. The molecule has 0 spiro atoms. The molecule has 0 bridgehead atoms. The van der Waals surface area contributed by atoms with Crippen molar-refractivity contribution in [3.8, 4) is 0 Å². The largest absolute Gasteiger partial charge is 0.382 e. The Bertz CT molecular complexity index is 842. The number of rotatable bonds is 5. The molecule has 1 heterocycles. The van der Waals surface area contributed by atoms with Crippen molar-refractivity contribution in [2.24, 2.45) is 0 Å². The van der Waals surface area contributed by atoms with Crippen LogP contribution >= 0.6 is 31.9 Å². The molecule has 0 aliphatic carbocycles. The van der Waals surface area contributed by atoms with Crippen molar-refractivity contribution in [1.29, 1.82) is 0 Å². The van der Waals surface area contributed by atoms with Gasteiger partial charge in [0.05, 0.1) is 0 Å². The number of aliphatic hydroxyl groups is 3. The molecule has 27 heavy (non-hydrogen) atoms. The summed E-state index contributed by atoms with van der Waals surface area (Å²) in [6, 6.07) is 15.8. The number of carbonyl (C=O) groups is 2. The highest BCUT2D eigenvalue weighted by molar-refractivity contribution is 9.12. The third kappa shape index (κ3) is 3.53. The van der Waals surface area contributed by atoms with Crippen molar-refractivity contribution in [1.82, 2.24) is 0 Å². The van der Waals surface area contributed by atoms with Crippen LogP contribution in [0.2, 0.25) is 0 Å². The maximum atomic E-state index is 13.0. The van der Waals surface area contributed by atoms with Gasteiger partial charge in [-0.15, -0.1) is 0 Å². The maximum Gasteiger partial charge on any atom is 0.240 e. The van der Waals surface area contributed by atoms with Crippen LogP contribution in [0.3, 0.4) is 0 Å². The number of halogens is 2. The van der Waals surface area contributed by atoms with Gasteiger partial charge in [0, 0.05) is 11.1 Å². The molecule has 2 aromatic carbocycles. The van der Waals surface area contributed by atoms with Gasteiger partial charge in [-0.3, -0.25) is 9.59 Å². The van der Waals surface area contributed by atoms with Crippen LogP contribution in [0, 0.1) is 0 Å². The number of hydrogen-bond donors (Lipinski definition) is 3. The van der Waals surface area contributed by atoms with E-state index in [1.54, 1.807) is 36.4 Å². The summed E-state index contributed by atoms with van der Waals surface area (Å²) in [4.78, 5) is 24.3. The Labute approximate surface area is 172 Å². The number of ketones is 2. The van der Waals surface area contributed by atoms with E-state index in [0.717, 1.165) is 0 Å². The van der Waals surface area contributed by atoms with Crippen LogP contribution in [0.25, 0.3) is 0 Å². The van der Waals surface area contributed by atoms with E-state index in [-0.39, 0.29) is 11.1 Å². The Hall–Kier alpha value is -1.42. The van der Waals surface area contributed by atoms with Gasteiger partial charge in [0.25, 0.3) is 0 Å². The molecular formula is C19H16Br2O6. The van der Waals surface area contributed by atoms with Crippen LogP contribution in [0.1, 0.15) is 20.7 Å². The number of aliphatic hydroxyl groups excluding tert-OH is 1. The molecule has 3 N–H and O–H groups in total. The summed E-state index contributed by atoms with van der Waals surface area (Å²) in [6.45, 7) is 0. The number of hydrogen-bond acceptors (Lipinski definition) is 6. The summed E-state index contributed by atoms with van der Waals surface area (Å²) in [5.41, 5.74) is -2.09. The van der Waals surface area contributed by atoms with Crippen molar-refractivity contribution in [3.05, 3.63) is 71.8 Å². The number of benzene rings is 2. The molecule has 1 aliphatic heterocycles. The van der Waals surface area contributed by atoms with Gasteiger partial charge < -0.3 is 20.1 Å². The van der Waals surface area contributed by atoms with Crippen LogP contribution in [0.15, 0.2) is 60.7 Å². The van der Waals surface area contributed by atoms with Crippen molar-refractivity contribution in [2.75, 3.05) is 0 Å². The summed E-state index contributed by atoms with van der Waals surface area (Å²) in [5.74, 6) is -1.55. The Morgan fingerprint density at radius 1 is 0.963 bits per heavy atom. The van der Waals surface area contributed by atoms with Gasteiger partial charge in [-0.05, 0) is 15.9 Å². The molecule has 2 aromatic rings. The molecule has 1 aliphatic rings. The maximum absolute atomic E-state index is 13.0. The van der Waals surface area contributed by atoms with Gasteiger partial charge in [0.15, 0.2) is 17.2 Å². The highest BCUT2D eigenvalue weighted by Gasteiger charge is 2.67. The first-order chi connectivity index (χ1) is 12.7. The second-order valence-corrected chi connectivity index (χ2v) is 8.26. The van der Waals surface area contributed by atoms with Crippen molar-refractivity contribution >= 4 is 43.4 Å². The fraction of sp³-hybridized carbons (Fsp3) is 0.263. The molecule has 0 saturated carbocycles. The third-order valence-corrected chi connectivity index (χ3v) is 7.02. The van der Waals surface area contributed by atoms with Gasteiger partial charge >= 0.3 is 0 Å². The monoisotopic (exact) mass is 498 g/mol. The van der Waals surface area contributed by atoms with Crippen molar-refractivity contribution in [3.63, 3.8) is 0 Å². The van der Waals surface area contributed by atoms with Crippen LogP contribution in [0.5, 0.6) is 0 Å². The number of ether oxygens (including phenoxy) is 1. The SMILES string of the molecule is O=C(c1ccccc1)C(O)[C@H]1O[C@@](O)(Br)[C@@H](Br)[C@@]1(O)C(=O)c1ccccc1. The molecule has 1 unspecified atom stereocenters. The van der Waals surface area contributed by atoms with E-state index in [1.807, 2.05) is 0 Å². The smallest absolute Gasteiger partial charge is 0.240 e. The molecule has 0 aromatic heterocycles. The summed E-state index contributed by atoms with van der Waals surface area (Å²) in [5, 5.41) is 32.2. The molecule has 6 nitrogen and oxygen atoms in total. The third-order valence-electron chi connectivity index (χ3n) is 4.44. The Balaban J connectivity index is 2.01. The first-order valence-electron chi connectivity index (χ1n) is 8.02. The van der Waals surface area contributed by atoms with E-state index in [4.69, 9.17) is 4.74 Å². The fourth-order valence-electron chi connectivity index (χ4n) is 3.02. The average Bonchev–Trinajstić information content (AvgIpc) is 2.88. The van der Waals surface area contributed by atoms with Gasteiger partial charge in [0.2, 0.25) is 4.70 Å². The lowest BCUT2D eigenvalue weighted by atomic mass is 9.82. The molecule has 142 valence electrons. The molecule has 8 heteroatoms. The van der Waals surface area contributed by atoms with Gasteiger partial charge in [0.1, 0.15) is 17.0 Å². The molecule has 3 rings (SSSR count). The normalized spacial score (nSPS) is 31.4. The van der Waals surface area contributed by atoms with E-state index in [1.165, 1.54) is 24.3 Å². The van der Waals surface area contributed by atoms with Crippen molar-refractivity contribution in [2.45, 2.75) is 27.3 Å². The molecule has 1 fully saturated rings. The Morgan fingerprint density at radius 2 is 1.44 bits per heavy atom. The predicted octanol–water partition coefficient (Wildman–Crippen LogP) is 2.05. The first kappa shape index (κ1) is 20.3. The van der Waals surface area contributed by atoms with Crippen LogP contribution < -0.4 is 0 Å². The topological polar surface area (TPSA) is 104 Å². The first-order valence-corrected chi connectivity index (χ1v) is 9.73. The van der Waals surface area contributed by atoms with E-state index in [2.05, 4.69) is 31.9 Å². The number of carbonyl (C=O) groups excluding carboxylic acids is 2. The molecule has 0 radical (unpaired) electrons. The predicted molar refractivity (Wildman–Crippen MR) is 104 cm³/mol. The Kier molecular flexibility index (Phi) is 5.67. The van der Waals surface area contributed by atoms with E-state index in [9.17, 15) is 24.9 Å². The van der Waals surface area contributed by atoms with Crippen molar-refractivity contribution < 1.29 is 29.6 Å². The number of Topliss-reactive ketones (excluding diaryl/α,β-unsaturated/α-hetero) is 2. The van der Waals surface area contributed by atoms with Crippen LogP contribution in [-0.2, 0) is 4.74 Å². The molecule has 0 amide bonds. The van der Waals surface area contributed by atoms with Crippen LogP contribution in [0.4, 0.5) is 0 Å². The zero-order chi connectivity index (χ0) is 19.8. The molecular weight excluding hydrogens is 484 g/mol. The summed E-state index contributed by atoms with van der Waals surface area (Å²) in [7, 11) is 0. The highest BCUT2D eigenvalue weighted by atomic mass is 79.9. The van der Waals surface area contributed by atoms with E-state index < -0.39 is 38.9 Å². The van der Waals surface area contributed by atoms with Gasteiger partial charge in [-0.2, -0.15) is 0 Å². The standard InChI is InChI=1S/C19H16Br2O6/c20-17-18(25,15(24)12-9-5-2-6-10-12)16(27-19(17,21)26)14(23)13(22)11-7-3-1-4-8-11/h1-10,14,16-17,23,25-26H/t14?,16-,17+,18-,19-/m1/s1. The lowest BCUT2D eigenvalue weighted by Crippen LogP contribution is -2.58. The molecule has 1 saturated heterocycles. The van der Waals surface area contributed by atoms with Gasteiger partial charge in [-0.25, -0.2) is 0 Å². The van der Waals surface area contributed by atoms with Crippen LogP contribution in [-0.4, -0.2) is 54.2 Å². The summed E-state index contributed by atoms with van der Waals surface area (Å²) >= 11 is 5.97. The lowest BCUT2D eigenvalue weighted by molar-refractivity contribution is -0.143. The second kappa shape index (κ2) is 7.54. The Morgan fingerprint density at radius 3 is 1.96 bits per heavy atom. The van der Waals surface area contributed by atoms with E-state index >= 15 is 0 Å². The van der Waals surface area contributed by atoms with Gasteiger partial charge in [-0.1, -0.05) is 76.6 Å². The summed E-state index contributed by atoms with van der Waals surface area (Å²) in [6.07, 6.45) is -3.61. The molecule has 5 atom stereocenters. The minimum atomic E-state index is -2.41. The lowest BCUT2D eigenvalue weighted by Gasteiger charge is -2.31. The fourth-order valence-corrected chi connectivity index (χ4v) is 4.15. The number of alkyl halides is 2.